The van der Waals surface area contributed by atoms with Gasteiger partial charge in [0.05, 0.1) is 11.4 Å². The zero-order valence-electron chi connectivity index (χ0n) is 16.1. The maximum Gasteiger partial charge on any atom is 0.277 e. The third kappa shape index (κ3) is 6.02. The highest BCUT2D eigenvalue weighted by Gasteiger charge is 2.15. The van der Waals surface area contributed by atoms with Gasteiger partial charge in [0.25, 0.3) is 11.1 Å². The number of rotatable bonds is 8. The molecule has 0 unspecified atom stereocenters. The minimum atomic E-state index is -0.876. The average molecular weight is 498 g/mol. The lowest BCUT2D eigenvalue weighted by atomic mass is 10.0. The lowest BCUT2D eigenvalue weighted by Gasteiger charge is -2.08. The largest absolute Gasteiger partial charge is 0.484 e. The molecule has 1 aromatic heterocycles. The van der Waals surface area contributed by atoms with Crippen molar-refractivity contribution in [2.24, 2.45) is 0 Å². The first-order valence-electron chi connectivity index (χ1n) is 8.94. The second-order valence-corrected chi connectivity index (χ2v) is 8.34. The van der Waals surface area contributed by atoms with Gasteiger partial charge in [0.2, 0.25) is 5.91 Å². The van der Waals surface area contributed by atoms with Crippen molar-refractivity contribution in [2.45, 2.75) is 31.6 Å². The van der Waals surface area contributed by atoms with Crippen LogP contribution in [0, 0.1) is 11.6 Å². The van der Waals surface area contributed by atoms with E-state index in [0.717, 1.165) is 17.8 Å². The Morgan fingerprint density at radius 3 is 2.63 bits per heavy atom. The second kappa shape index (κ2) is 10.0. The Morgan fingerprint density at radius 2 is 1.97 bits per heavy atom. The van der Waals surface area contributed by atoms with Gasteiger partial charge >= 0.3 is 0 Å². The topological polar surface area (TPSA) is 77.2 Å². The fourth-order valence-electron chi connectivity index (χ4n) is 2.41. The Balaban J connectivity index is 1.49. The number of carbonyl (C=O) groups excluding carboxylic acids is 1. The molecule has 0 spiro atoms. The fourth-order valence-corrected chi connectivity index (χ4v) is 3.50. The van der Waals surface area contributed by atoms with Crippen LogP contribution in [-0.2, 0) is 11.4 Å². The summed E-state index contributed by atoms with van der Waals surface area (Å²) in [5, 5.41) is 10.3. The number of carbonyl (C=O) groups is 1. The summed E-state index contributed by atoms with van der Waals surface area (Å²) in [6.45, 7) is 4.32. The van der Waals surface area contributed by atoms with Crippen LogP contribution in [-0.4, -0.2) is 21.9 Å². The molecular weight excluding hydrogens is 480 g/mol. The van der Waals surface area contributed by atoms with Gasteiger partial charge in [0, 0.05) is 10.5 Å². The van der Waals surface area contributed by atoms with Crippen molar-refractivity contribution in [3.8, 4) is 5.75 Å². The second-order valence-electron chi connectivity index (χ2n) is 6.56. The molecule has 1 N–H and O–H groups in total. The SMILES string of the molecule is CC(C)c1ccc(OCc2nnc(SCC(=O)Nc3c(F)cc(F)cc3Br)o2)cc1. The van der Waals surface area contributed by atoms with Crippen molar-refractivity contribution in [1.82, 2.24) is 10.2 Å². The quantitative estimate of drug-likeness (QED) is 0.411. The van der Waals surface area contributed by atoms with Gasteiger partial charge in [-0.15, -0.1) is 10.2 Å². The highest BCUT2D eigenvalue weighted by atomic mass is 79.9. The van der Waals surface area contributed by atoms with Crippen LogP contribution in [0.5, 0.6) is 5.75 Å². The average Bonchev–Trinajstić information content (AvgIpc) is 3.16. The number of hydrogen-bond acceptors (Lipinski definition) is 6. The van der Waals surface area contributed by atoms with Crippen LogP contribution >= 0.6 is 27.7 Å². The fraction of sp³-hybridized carbons (Fsp3) is 0.250. The lowest BCUT2D eigenvalue weighted by Crippen LogP contribution is -2.15. The van der Waals surface area contributed by atoms with E-state index < -0.39 is 17.5 Å². The minimum Gasteiger partial charge on any atom is -0.484 e. The number of anilines is 1. The molecule has 2 aromatic carbocycles. The monoisotopic (exact) mass is 497 g/mol. The van der Waals surface area contributed by atoms with E-state index in [9.17, 15) is 13.6 Å². The third-order valence-electron chi connectivity index (χ3n) is 3.96. The number of nitrogens with one attached hydrogen (secondary N) is 1. The number of nitrogens with zero attached hydrogens (tertiary/aromatic N) is 2. The van der Waals surface area contributed by atoms with E-state index in [-0.39, 0.29) is 33.6 Å². The first-order valence-corrected chi connectivity index (χ1v) is 10.7. The van der Waals surface area contributed by atoms with E-state index in [1.165, 1.54) is 5.56 Å². The summed E-state index contributed by atoms with van der Waals surface area (Å²) in [7, 11) is 0. The molecule has 30 heavy (non-hydrogen) atoms. The van der Waals surface area contributed by atoms with Crippen molar-refractivity contribution in [2.75, 3.05) is 11.1 Å². The highest BCUT2D eigenvalue weighted by molar-refractivity contribution is 9.10. The Labute approximate surface area is 184 Å². The molecule has 0 bridgehead atoms. The molecule has 6 nitrogen and oxygen atoms in total. The highest BCUT2D eigenvalue weighted by Crippen LogP contribution is 2.27. The molecule has 3 rings (SSSR count). The number of hydrogen-bond donors (Lipinski definition) is 1. The van der Waals surface area contributed by atoms with Gasteiger partial charge in [-0.3, -0.25) is 4.79 Å². The van der Waals surface area contributed by atoms with E-state index >= 15 is 0 Å². The van der Waals surface area contributed by atoms with Gasteiger partial charge < -0.3 is 14.5 Å². The zero-order valence-corrected chi connectivity index (χ0v) is 18.5. The minimum absolute atomic E-state index is 0.0918. The van der Waals surface area contributed by atoms with Crippen molar-refractivity contribution < 1.29 is 22.7 Å². The van der Waals surface area contributed by atoms with E-state index in [0.29, 0.717) is 17.7 Å². The number of ether oxygens (including phenoxy) is 1. The van der Waals surface area contributed by atoms with Gasteiger partial charge in [-0.1, -0.05) is 37.7 Å². The predicted octanol–water partition coefficient (Wildman–Crippen LogP) is 5.54. The molecular formula is C20H18BrF2N3O3S. The molecule has 10 heteroatoms. The van der Waals surface area contributed by atoms with Crippen LogP contribution < -0.4 is 10.1 Å². The number of benzene rings is 2. The summed E-state index contributed by atoms with van der Waals surface area (Å²) in [6, 6.07) is 9.49. The number of halogens is 3. The van der Waals surface area contributed by atoms with Crippen molar-refractivity contribution in [1.29, 1.82) is 0 Å². The Bertz CT molecular complexity index is 1010. The summed E-state index contributed by atoms with van der Waals surface area (Å²) in [5.41, 5.74) is 1.08. The van der Waals surface area contributed by atoms with Gasteiger partial charge in [-0.25, -0.2) is 8.78 Å². The van der Waals surface area contributed by atoms with E-state index in [1.54, 1.807) is 0 Å². The van der Waals surface area contributed by atoms with Gasteiger partial charge in [-0.2, -0.15) is 0 Å². The van der Waals surface area contributed by atoms with Crippen molar-refractivity contribution >= 4 is 39.3 Å². The maximum atomic E-state index is 13.8. The zero-order chi connectivity index (χ0) is 21.7. The normalized spacial score (nSPS) is 11.0. The molecule has 1 heterocycles. The lowest BCUT2D eigenvalue weighted by molar-refractivity contribution is -0.113. The molecule has 0 aliphatic rings. The van der Waals surface area contributed by atoms with Crippen LogP contribution in [0.2, 0.25) is 0 Å². The summed E-state index contributed by atoms with van der Waals surface area (Å²) < 4.78 is 38.1. The predicted molar refractivity (Wildman–Crippen MR) is 113 cm³/mol. The Morgan fingerprint density at radius 1 is 1.23 bits per heavy atom. The molecule has 0 saturated carbocycles. The van der Waals surface area contributed by atoms with Crippen LogP contribution in [0.15, 0.2) is 50.5 Å². The number of amides is 1. The molecule has 0 aliphatic carbocycles. The van der Waals surface area contributed by atoms with Crippen molar-refractivity contribution in [3.05, 3.63) is 64.0 Å². The summed E-state index contributed by atoms with van der Waals surface area (Å²) in [5.74, 6) is -0.846. The smallest absolute Gasteiger partial charge is 0.277 e. The Hall–Kier alpha value is -2.46. The molecule has 0 fully saturated rings. The van der Waals surface area contributed by atoms with Crippen LogP contribution in [0.3, 0.4) is 0 Å². The maximum absolute atomic E-state index is 13.8. The summed E-state index contributed by atoms with van der Waals surface area (Å²) >= 11 is 4.01. The summed E-state index contributed by atoms with van der Waals surface area (Å²) in [4.78, 5) is 12.0. The molecule has 0 aliphatic heterocycles. The number of thioether (sulfide) groups is 1. The van der Waals surface area contributed by atoms with Crippen LogP contribution in [0.1, 0.15) is 31.2 Å². The first-order chi connectivity index (χ1) is 14.3. The van der Waals surface area contributed by atoms with Crippen LogP contribution in [0.25, 0.3) is 0 Å². The van der Waals surface area contributed by atoms with Gasteiger partial charge in [0.15, 0.2) is 12.4 Å². The third-order valence-corrected chi connectivity index (χ3v) is 5.40. The van der Waals surface area contributed by atoms with Gasteiger partial charge in [0.1, 0.15) is 11.6 Å². The van der Waals surface area contributed by atoms with E-state index in [1.807, 2.05) is 24.3 Å². The molecule has 1 amide bonds. The molecule has 0 atom stereocenters. The van der Waals surface area contributed by atoms with E-state index in [4.69, 9.17) is 9.15 Å². The molecule has 0 radical (unpaired) electrons. The molecule has 3 aromatic rings. The standard InChI is InChI=1S/C20H18BrF2N3O3S/c1-11(2)12-3-5-14(6-4-12)28-9-18-25-26-20(29-18)30-10-17(27)24-19-15(21)7-13(22)8-16(19)23/h3-8,11H,9-10H2,1-2H3,(H,24,27). The van der Waals surface area contributed by atoms with Crippen molar-refractivity contribution in [3.63, 3.8) is 0 Å². The Kier molecular flexibility index (Phi) is 7.43. The van der Waals surface area contributed by atoms with Crippen LogP contribution in [0.4, 0.5) is 14.5 Å². The molecule has 0 saturated heterocycles. The van der Waals surface area contributed by atoms with Gasteiger partial charge in [-0.05, 0) is 45.6 Å². The molecule has 158 valence electrons. The number of aromatic nitrogens is 2. The van der Waals surface area contributed by atoms with E-state index in [2.05, 4.69) is 45.3 Å². The first kappa shape index (κ1) is 22.2. The summed E-state index contributed by atoms with van der Waals surface area (Å²) in [6.07, 6.45) is 0.